The van der Waals surface area contributed by atoms with E-state index in [0.29, 0.717) is 19.6 Å². The molecule has 0 radical (unpaired) electrons. The maximum atomic E-state index is 9.69. The molecular formula is C3H6BNO3. The lowest BCUT2D eigenvalue weighted by molar-refractivity contribution is -0.108. The Hall–Kier alpha value is -0.545. The fourth-order valence-electron chi connectivity index (χ4n) is 0.510. The molecule has 1 heterocycles. The maximum Gasteiger partial charge on any atom is 0.592 e. The molecule has 1 aliphatic rings. The van der Waals surface area contributed by atoms with E-state index < -0.39 is 7.25 Å². The van der Waals surface area contributed by atoms with E-state index in [4.69, 9.17) is 9.31 Å². The highest BCUT2D eigenvalue weighted by atomic mass is 16.6. The Morgan fingerprint density at radius 2 is 2.12 bits per heavy atom. The summed E-state index contributed by atoms with van der Waals surface area (Å²) in [5.74, 6) is 0. The zero-order chi connectivity index (χ0) is 5.82. The second-order valence-electron chi connectivity index (χ2n) is 1.36. The summed E-state index contributed by atoms with van der Waals surface area (Å²) in [6.07, 6.45) is 0.552. The summed E-state index contributed by atoms with van der Waals surface area (Å²) in [6, 6.07) is 0. The molecule has 0 aliphatic carbocycles. The van der Waals surface area contributed by atoms with Gasteiger partial charge in [-0.3, -0.25) is 4.79 Å². The number of hydrogen-bond donors (Lipinski definition) is 1. The van der Waals surface area contributed by atoms with Crippen molar-refractivity contribution in [3.05, 3.63) is 0 Å². The van der Waals surface area contributed by atoms with Crippen molar-refractivity contribution >= 4 is 13.7 Å². The zero-order valence-electron chi connectivity index (χ0n) is 4.29. The van der Waals surface area contributed by atoms with E-state index in [1.807, 2.05) is 0 Å². The average Bonchev–Trinajstić information content (AvgIpc) is 2.19. The third-order valence-electron chi connectivity index (χ3n) is 0.826. The molecule has 0 unspecified atom stereocenters. The Labute approximate surface area is 47.3 Å². The Kier molecular flexibility index (Phi) is 1.88. The quantitative estimate of drug-likeness (QED) is 0.361. The van der Waals surface area contributed by atoms with E-state index in [1.165, 1.54) is 0 Å². The minimum Gasteiger partial charge on any atom is -0.390 e. The van der Waals surface area contributed by atoms with Gasteiger partial charge < -0.3 is 14.5 Å². The van der Waals surface area contributed by atoms with Crippen molar-refractivity contribution in [2.24, 2.45) is 0 Å². The first kappa shape index (κ1) is 5.59. The van der Waals surface area contributed by atoms with Gasteiger partial charge in [0.1, 0.15) is 0 Å². The highest BCUT2D eigenvalue weighted by Crippen LogP contribution is 1.92. The van der Waals surface area contributed by atoms with Crippen molar-refractivity contribution in [2.45, 2.75) is 0 Å². The lowest BCUT2D eigenvalue weighted by Crippen LogP contribution is -2.33. The first-order valence-electron chi connectivity index (χ1n) is 2.36. The largest absolute Gasteiger partial charge is 0.592 e. The van der Waals surface area contributed by atoms with Gasteiger partial charge >= 0.3 is 7.25 Å². The molecule has 8 heavy (non-hydrogen) atoms. The summed E-state index contributed by atoms with van der Waals surface area (Å²) in [5, 5.41) is 2.32. The summed E-state index contributed by atoms with van der Waals surface area (Å²) in [5.41, 5.74) is 0. The van der Waals surface area contributed by atoms with Crippen LogP contribution >= 0.6 is 0 Å². The molecule has 4 nitrogen and oxygen atoms in total. The van der Waals surface area contributed by atoms with Crippen molar-refractivity contribution in [2.75, 3.05) is 13.2 Å². The van der Waals surface area contributed by atoms with Gasteiger partial charge in [-0.1, -0.05) is 0 Å². The Bertz CT molecular complexity index is 82.6. The highest BCUT2D eigenvalue weighted by molar-refractivity contribution is 6.44. The SMILES string of the molecule is O=CNB1OCCO1. The van der Waals surface area contributed by atoms with E-state index in [2.05, 4.69) is 5.23 Å². The van der Waals surface area contributed by atoms with Crippen LogP contribution in [0.3, 0.4) is 0 Å². The third-order valence-corrected chi connectivity index (χ3v) is 0.826. The van der Waals surface area contributed by atoms with Crippen LogP contribution in [-0.2, 0) is 14.1 Å². The van der Waals surface area contributed by atoms with E-state index in [9.17, 15) is 4.79 Å². The molecule has 5 heteroatoms. The fraction of sp³-hybridized carbons (Fsp3) is 0.667. The lowest BCUT2D eigenvalue weighted by atomic mass is 10.1. The van der Waals surface area contributed by atoms with Gasteiger partial charge in [0.15, 0.2) is 6.41 Å². The van der Waals surface area contributed by atoms with Gasteiger partial charge in [0.05, 0.1) is 13.2 Å². The van der Waals surface area contributed by atoms with Crippen LogP contribution in [0.5, 0.6) is 0 Å². The Balaban J connectivity index is 2.14. The van der Waals surface area contributed by atoms with Crippen molar-refractivity contribution < 1.29 is 14.1 Å². The van der Waals surface area contributed by atoms with E-state index in [0.717, 1.165) is 0 Å². The number of amides is 1. The molecule has 1 aliphatic heterocycles. The highest BCUT2D eigenvalue weighted by Gasteiger charge is 2.23. The molecule has 0 saturated carbocycles. The number of carbonyl (C=O) groups is 1. The standard InChI is InChI=1S/C3H6BNO3/c6-3-5-4-7-1-2-8-4/h3H,1-2H2,(H,5,6). The molecule has 1 amide bonds. The molecule has 1 fully saturated rings. The average molecular weight is 115 g/mol. The Morgan fingerprint density at radius 1 is 1.50 bits per heavy atom. The number of rotatable bonds is 2. The van der Waals surface area contributed by atoms with Crippen LogP contribution in [-0.4, -0.2) is 26.9 Å². The minimum absolute atomic E-state index is 0.507. The molecular weight excluding hydrogens is 109 g/mol. The van der Waals surface area contributed by atoms with Gasteiger partial charge in [0, 0.05) is 0 Å². The van der Waals surface area contributed by atoms with Gasteiger partial charge in [0.2, 0.25) is 0 Å². The van der Waals surface area contributed by atoms with Crippen molar-refractivity contribution in [3.8, 4) is 0 Å². The van der Waals surface area contributed by atoms with Gasteiger partial charge in [-0.25, -0.2) is 0 Å². The van der Waals surface area contributed by atoms with Gasteiger partial charge in [-0.05, 0) is 0 Å². The number of nitrogens with one attached hydrogen (secondary N) is 1. The summed E-state index contributed by atoms with van der Waals surface area (Å²) in [4.78, 5) is 9.69. The summed E-state index contributed by atoms with van der Waals surface area (Å²) in [6.45, 7) is 1.12. The van der Waals surface area contributed by atoms with Crippen LogP contribution in [0.1, 0.15) is 0 Å². The van der Waals surface area contributed by atoms with Crippen molar-refractivity contribution in [3.63, 3.8) is 0 Å². The van der Waals surface area contributed by atoms with Crippen LogP contribution in [0.4, 0.5) is 0 Å². The van der Waals surface area contributed by atoms with Crippen LogP contribution in [0, 0.1) is 0 Å². The molecule has 1 rings (SSSR count). The summed E-state index contributed by atoms with van der Waals surface area (Å²) >= 11 is 0. The second kappa shape index (κ2) is 2.69. The van der Waals surface area contributed by atoms with Crippen LogP contribution in [0.2, 0.25) is 0 Å². The fourth-order valence-corrected chi connectivity index (χ4v) is 0.510. The van der Waals surface area contributed by atoms with Crippen LogP contribution < -0.4 is 5.23 Å². The molecule has 0 atom stereocenters. The topological polar surface area (TPSA) is 47.6 Å². The van der Waals surface area contributed by atoms with E-state index >= 15 is 0 Å². The van der Waals surface area contributed by atoms with E-state index in [-0.39, 0.29) is 0 Å². The van der Waals surface area contributed by atoms with Crippen molar-refractivity contribution in [1.82, 2.24) is 5.23 Å². The monoisotopic (exact) mass is 115 g/mol. The molecule has 44 valence electrons. The summed E-state index contributed by atoms with van der Waals surface area (Å²) < 4.78 is 9.66. The minimum atomic E-state index is -0.507. The molecule has 0 spiro atoms. The van der Waals surface area contributed by atoms with Crippen LogP contribution in [0.25, 0.3) is 0 Å². The molecule has 0 bridgehead atoms. The molecule has 0 aromatic rings. The van der Waals surface area contributed by atoms with Gasteiger partial charge in [0.25, 0.3) is 0 Å². The second-order valence-corrected chi connectivity index (χ2v) is 1.36. The molecule has 0 aromatic carbocycles. The first-order valence-corrected chi connectivity index (χ1v) is 2.36. The predicted octanol–water partition coefficient (Wildman–Crippen LogP) is -1.24. The molecule has 0 aromatic heterocycles. The Morgan fingerprint density at radius 3 is 2.62 bits per heavy atom. The summed E-state index contributed by atoms with van der Waals surface area (Å²) in [7, 11) is -0.507. The number of hydrogen-bond acceptors (Lipinski definition) is 3. The normalized spacial score (nSPS) is 18.8. The van der Waals surface area contributed by atoms with Gasteiger partial charge in [-0.15, -0.1) is 0 Å². The van der Waals surface area contributed by atoms with Gasteiger partial charge in [-0.2, -0.15) is 0 Å². The van der Waals surface area contributed by atoms with Crippen LogP contribution in [0.15, 0.2) is 0 Å². The third kappa shape index (κ3) is 1.21. The zero-order valence-corrected chi connectivity index (χ0v) is 4.29. The smallest absolute Gasteiger partial charge is 0.390 e. The van der Waals surface area contributed by atoms with Crippen molar-refractivity contribution in [1.29, 1.82) is 0 Å². The lowest BCUT2D eigenvalue weighted by Gasteiger charge is -1.96. The first-order chi connectivity index (χ1) is 3.93. The maximum absolute atomic E-state index is 9.69. The molecule has 1 saturated heterocycles. The van der Waals surface area contributed by atoms with E-state index in [1.54, 1.807) is 0 Å². The predicted molar refractivity (Wildman–Crippen MR) is 26.9 cm³/mol. The number of carbonyl (C=O) groups excluding carboxylic acids is 1. The molecule has 1 N–H and O–H groups in total.